The molecule has 0 saturated carbocycles. The van der Waals surface area contributed by atoms with Crippen molar-refractivity contribution in [2.75, 3.05) is 0 Å². The summed E-state index contributed by atoms with van der Waals surface area (Å²) >= 11 is 12.8. The highest BCUT2D eigenvalue weighted by Crippen LogP contribution is 2.32. The van der Waals surface area contributed by atoms with Gasteiger partial charge in [0, 0.05) is 6.20 Å². The van der Waals surface area contributed by atoms with E-state index in [1.807, 2.05) is 0 Å². The summed E-state index contributed by atoms with van der Waals surface area (Å²) in [5.41, 5.74) is 0. The molecule has 15 heavy (non-hydrogen) atoms. The number of pyridine rings is 1. The first-order chi connectivity index (χ1) is 7.29. The zero-order valence-corrected chi connectivity index (χ0v) is 9.81. The molecule has 6 heteroatoms. The summed E-state index contributed by atoms with van der Waals surface area (Å²) in [5.74, 6) is 0.969. The minimum atomic E-state index is 0.340. The minimum Gasteiger partial charge on any atom is -0.429 e. The number of aromatic nitrogens is 2. The van der Waals surface area contributed by atoms with E-state index in [9.17, 15) is 0 Å². The van der Waals surface area contributed by atoms with Crippen molar-refractivity contribution < 1.29 is 4.74 Å². The zero-order valence-electron chi connectivity index (χ0n) is 7.48. The Hall–Kier alpha value is -0.840. The van der Waals surface area contributed by atoms with Crippen LogP contribution in [0.1, 0.15) is 4.88 Å². The molecule has 78 valence electrons. The molecule has 0 unspecified atom stereocenters. The highest BCUT2D eigenvalue weighted by atomic mass is 35.5. The molecule has 0 fully saturated rings. The van der Waals surface area contributed by atoms with E-state index in [2.05, 4.69) is 9.97 Å². The second kappa shape index (κ2) is 4.79. The van der Waals surface area contributed by atoms with Crippen molar-refractivity contribution in [1.29, 1.82) is 0 Å². The lowest BCUT2D eigenvalue weighted by atomic mass is 10.5. The number of ether oxygens (including phenoxy) is 1. The first-order valence-corrected chi connectivity index (χ1v) is 5.81. The van der Waals surface area contributed by atoms with Crippen LogP contribution in [0, 0.1) is 0 Å². The van der Waals surface area contributed by atoms with Gasteiger partial charge in [0.1, 0.15) is 10.9 Å². The smallest absolute Gasteiger partial charge is 0.280 e. The van der Waals surface area contributed by atoms with Gasteiger partial charge in [-0.15, -0.1) is 11.6 Å². The predicted molar refractivity (Wildman–Crippen MR) is 61.0 cm³/mol. The Morgan fingerprint density at radius 2 is 2.33 bits per heavy atom. The van der Waals surface area contributed by atoms with Crippen LogP contribution in [-0.4, -0.2) is 9.97 Å². The quantitative estimate of drug-likeness (QED) is 0.790. The van der Waals surface area contributed by atoms with Crippen molar-refractivity contribution in [2.24, 2.45) is 0 Å². The van der Waals surface area contributed by atoms with E-state index in [1.54, 1.807) is 24.5 Å². The molecule has 3 nitrogen and oxygen atoms in total. The van der Waals surface area contributed by atoms with E-state index in [1.165, 1.54) is 11.3 Å². The number of alkyl halides is 1. The van der Waals surface area contributed by atoms with E-state index < -0.39 is 0 Å². The molecular weight excluding hydrogens is 255 g/mol. The van der Waals surface area contributed by atoms with Gasteiger partial charge in [-0.25, -0.2) is 0 Å². The summed E-state index contributed by atoms with van der Waals surface area (Å²) in [7, 11) is 0. The molecule has 0 aliphatic rings. The van der Waals surface area contributed by atoms with Gasteiger partial charge in [0.15, 0.2) is 0 Å². The molecular formula is C9H6Cl2N2OS. The molecule has 2 aromatic heterocycles. The fourth-order valence-corrected chi connectivity index (χ4v) is 2.29. The van der Waals surface area contributed by atoms with Crippen molar-refractivity contribution in [2.45, 2.75) is 5.88 Å². The Balaban J connectivity index is 2.18. The Labute approximate surface area is 101 Å². The van der Waals surface area contributed by atoms with Gasteiger partial charge in [-0.1, -0.05) is 22.9 Å². The highest BCUT2D eigenvalue weighted by molar-refractivity contribution is 7.14. The zero-order chi connectivity index (χ0) is 10.7. The third kappa shape index (κ3) is 2.59. The van der Waals surface area contributed by atoms with Gasteiger partial charge >= 0.3 is 0 Å². The molecule has 0 amide bonds. The van der Waals surface area contributed by atoms with E-state index in [0.717, 1.165) is 4.88 Å². The van der Waals surface area contributed by atoms with E-state index in [4.69, 9.17) is 27.9 Å². The Morgan fingerprint density at radius 1 is 1.47 bits per heavy atom. The molecule has 0 N–H and O–H groups in total. The molecule has 2 rings (SSSR count). The summed E-state index contributed by atoms with van der Waals surface area (Å²) in [6.45, 7) is 0. The third-order valence-corrected chi connectivity index (χ3v) is 3.37. The molecule has 0 aliphatic heterocycles. The third-order valence-electron chi connectivity index (χ3n) is 1.59. The van der Waals surface area contributed by atoms with Gasteiger partial charge in [-0.05, 0) is 12.1 Å². The van der Waals surface area contributed by atoms with Crippen LogP contribution < -0.4 is 4.74 Å². The molecule has 2 aromatic rings. The van der Waals surface area contributed by atoms with E-state index >= 15 is 0 Å². The Bertz CT molecular complexity index is 447. The Morgan fingerprint density at radius 3 is 2.93 bits per heavy atom. The van der Waals surface area contributed by atoms with Crippen LogP contribution in [0.5, 0.6) is 10.9 Å². The average molecular weight is 261 g/mol. The SMILES string of the molecule is ClCc1sc(Oc2cccnc2)nc1Cl. The number of halogens is 2. The van der Waals surface area contributed by atoms with Crippen LogP contribution in [0.25, 0.3) is 0 Å². The maximum Gasteiger partial charge on any atom is 0.280 e. The van der Waals surface area contributed by atoms with Crippen molar-refractivity contribution >= 4 is 34.5 Å². The fourth-order valence-electron chi connectivity index (χ4n) is 0.947. The van der Waals surface area contributed by atoms with Crippen LogP contribution in [0.2, 0.25) is 5.15 Å². The first-order valence-electron chi connectivity index (χ1n) is 4.08. The van der Waals surface area contributed by atoms with Crippen LogP contribution in [0.4, 0.5) is 0 Å². The molecule has 2 heterocycles. The average Bonchev–Trinajstić information content (AvgIpc) is 2.60. The van der Waals surface area contributed by atoms with Crippen LogP contribution in [0.3, 0.4) is 0 Å². The lowest BCUT2D eigenvalue weighted by Crippen LogP contribution is -1.82. The summed E-state index contributed by atoms with van der Waals surface area (Å²) in [6, 6.07) is 3.58. The predicted octanol–water partition coefficient (Wildman–Crippen LogP) is 3.72. The van der Waals surface area contributed by atoms with Crippen molar-refractivity contribution in [3.63, 3.8) is 0 Å². The van der Waals surface area contributed by atoms with Gasteiger partial charge in [-0.3, -0.25) is 4.98 Å². The monoisotopic (exact) mass is 260 g/mol. The van der Waals surface area contributed by atoms with Crippen LogP contribution in [0.15, 0.2) is 24.5 Å². The molecule has 0 radical (unpaired) electrons. The summed E-state index contributed by atoms with van der Waals surface area (Å²) in [6.07, 6.45) is 3.28. The number of thiazole rings is 1. The lowest BCUT2D eigenvalue weighted by molar-refractivity contribution is 0.476. The van der Waals surface area contributed by atoms with Crippen molar-refractivity contribution in [3.8, 4) is 10.9 Å². The van der Waals surface area contributed by atoms with Crippen molar-refractivity contribution in [1.82, 2.24) is 9.97 Å². The highest BCUT2D eigenvalue weighted by Gasteiger charge is 2.09. The standard InChI is InChI=1S/C9H6Cl2N2OS/c10-4-7-8(11)13-9(15-7)14-6-2-1-3-12-5-6/h1-3,5H,4H2. The van der Waals surface area contributed by atoms with Gasteiger partial charge < -0.3 is 4.74 Å². The normalized spacial score (nSPS) is 10.3. The summed E-state index contributed by atoms with van der Waals surface area (Å²) in [4.78, 5) is 8.75. The van der Waals surface area contributed by atoms with Gasteiger partial charge in [-0.2, -0.15) is 4.98 Å². The summed E-state index contributed by atoms with van der Waals surface area (Å²) < 4.78 is 5.44. The number of rotatable bonds is 3. The number of hydrogen-bond donors (Lipinski definition) is 0. The number of hydrogen-bond acceptors (Lipinski definition) is 4. The second-order valence-corrected chi connectivity index (χ2v) is 4.29. The van der Waals surface area contributed by atoms with Crippen LogP contribution >= 0.6 is 34.5 Å². The maximum atomic E-state index is 5.83. The van der Waals surface area contributed by atoms with Crippen molar-refractivity contribution in [3.05, 3.63) is 34.6 Å². The maximum absolute atomic E-state index is 5.83. The van der Waals surface area contributed by atoms with E-state index in [0.29, 0.717) is 22.0 Å². The molecule has 0 spiro atoms. The van der Waals surface area contributed by atoms with Crippen LogP contribution in [-0.2, 0) is 5.88 Å². The number of nitrogens with zero attached hydrogens (tertiary/aromatic N) is 2. The lowest BCUT2D eigenvalue weighted by Gasteiger charge is -1.98. The van der Waals surface area contributed by atoms with E-state index in [-0.39, 0.29) is 0 Å². The topological polar surface area (TPSA) is 35.0 Å². The van der Waals surface area contributed by atoms with Gasteiger partial charge in [0.25, 0.3) is 5.19 Å². The first kappa shape index (κ1) is 10.7. The largest absolute Gasteiger partial charge is 0.429 e. The fraction of sp³-hybridized carbons (Fsp3) is 0.111. The minimum absolute atomic E-state index is 0.340. The Kier molecular flexibility index (Phi) is 3.41. The molecule has 0 aliphatic carbocycles. The summed E-state index contributed by atoms with van der Waals surface area (Å²) in [5, 5.41) is 0.873. The van der Waals surface area contributed by atoms with Gasteiger partial charge in [0.2, 0.25) is 0 Å². The second-order valence-electron chi connectivity index (χ2n) is 2.62. The molecule has 0 saturated heterocycles. The molecule has 0 bridgehead atoms. The molecule has 0 atom stereocenters. The van der Waals surface area contributed by atoms with Gasteiger partial charge in [0.05, 0.1) is 17.0 Å². The molecule has 0 aromatic carbocycles.